The molecular weight excluding hydrogens is 432 g/mol. The Morgan fingerprint density at radius 2 is 1.74 bits per heavy atom. The van der Waals surface area contributed by atoms with Gasteiger partial charge in [-0.3, -0.25) is 4.79 Å². The third-order valence-corrected chi connectivity index (χ3v) is 5.35. The number of amides is 1. The number of thiazole rings is 1. The molecule has 0 atom stereocenters. The molecule has 0 bridgehead atoms. The van der Waals surface area contributed by atoms with Crippen LogP contribution in [-0.4, -0.2) is 17.5 Å². The number of para-hydroxylation sites is 2. The smallest absolute Gasteiger partial charge is 0.262 e. The Hall–Kier alpha value is -3.35. The number of carbonyl (C=O) groups excluding carboxylic acids is 1. The molecule has 0 aliphatic carbocycles. The lowest BCUT2D eigenvalue weighted by molar-refractivity contribution is -0.118. The van der Waals surface area contributed by atoms with E-state index in [0.717, 1.165) is 16.8 Å². The molecule has 7 heteroatoms. The van der Waals surface area contributed by atoms with Gasteiger partial charge in [0.2, 0.25) is 0 Å². The maximum absolute atomic E-state index is 12.4. The quantitative estimate of drug-likeness (QED) is 0.354. The molecular formula is C24H19ClN2O3S. The summed E-state index contributed by atoms with van der Waals surface area (Å²) in [6.07, 6.45) is 0. The van der Waals surface area contributed by atoms with E-state index in [0.29, 0.717) is 28.8 Å². The normalized spacial score (nSPS) is 10.5. The summed E-state index contributed by atoms with van der Waals surface area (Å²) in [7, 11) is 0. The van der Waals surface area contributed by atoms with E-state index in [1.807, 2.05) is 60.0 Å². The molecule has 0 unspecified atom stereocenters. The van der Waals surface area contributed by atoms with Crippen LogP contribution in [-0.2, 0) is 11.4 Å². The van der Waals surface area contributed by atoms with Crippen LogP contribution < -0.4 is 14.8 Å². The van der Waals surface area contributed by atoms with Gasteiger partial charge in [0.25, 0.3) is 5.91 Å². The van der Waals surface area contributed by atoms with Gasteiger partial charge in [-0.1, -0.05) is 60.1 Å². The molecule has 1 heterocycles. The van der Waals surface area contributed by atoms with Crippen molar-refractivity contribution in [2.45, 2.75) is 6.61 Å². The van der Waals surface area contributed by atoms with E-state index in [1.54, 1.807) is 23.7 Å². The molecule has 0 spiro atoms. The summed E-state index contributed by atoms with van der Waals surface area (Å²) in [6.45, 7) is 0.154. The molecule has 0 fully saturated rings. The zero-order chi connectivity index (χ0) is 21.5. The number of aromatic nitrogens is 1. The highest BCUT2D eigenvalue weighted by Crippen LogP contribution is 2.30. The molecule has 31 heavy (non-hydrogen) atoms. The van der Waals surface area contributed by atoms with Crippen LogP contribution in [0.5, 0.6) is 11.5 Å². The average molecular weight is 451 g/mol. The number of ether oxygens (including phenoxy) is 2. The van der Waals surface area contributed by atoms with Crippen molar-refractivity contribution in [2.24, 2.45) is 0 Å². The van der Waals surface area contributed by atoms with Gasteiger partial charge in [-0.05, 0) is 35.4 Å². The van der Waals surface area contributed by atoms with Gasteiger partial charge in [0.15, 0.2) is 6.61 Å². The third-order valence-electron chi connectivity index (χ3n) is 4.42. The number of rotatable bonds is 8. The van der Waals surface area contributed by atoms with Gasteiger partial charge < -0.3 is 14.8 Å². The first-order chi connectivity index (χ1) is 15.2. The highest BCUT2D eigenvalue weighted by atomic mass is 35.5. The number of hydrogen-bond donors (Lipinski definition) is 1. The van der Waals surface area contributed by atoms with Crippen molar-refractivity contribution in [2.75, 3.05) is 11.9 Å². The van der Waals surface area contributed by atoms with Crippen LogP contribution in [0.1, 0.15) is 5.69 Å². The monoisotopic (exact) mass is 450 g/mol. The van der Waals surface area contributed by atoms with E-state index in [9.17, 15) is 4.79 Å². The Kier molecular flexibility index (Phi) is 6.82. The Morgan fingerprint density at radius 1 is 0.935 bits per heavy atom. The van der Waals surface area contributed by atoms with E-state index >= 15 is 0 Å². The topological polar surface area (TPSA) is 60.5 Å². The SMILES string of the molecule is O=C(COc1ccc(-c2ccccc2)cc1Cl)Nc1ccccc1OCc1cscn1. The minimum absolute atomic E-state index is 0.176. The van der Waals surface area contributed by atoms with Crippen molar-refractivity contribution in [3.63, 3.8) is 0 Å². The fourth-order valence-corrected chi connectivity index (χ4v) is 3.69. The zero-order valence-electron chi connectivity index (χ0n) is 16.5. The number of nitrogens with zero attached hydrogens (tertiary/aromatic N) is 1. The second-order valence-corrected chi connectivity index (χ2v) is 7.74. The summed E-state index contributed by atoms with van der Waals surface area (Å²) in [5.74, 6) is 0.701. The first-order valence-electron chi connectivity index (χ1n) is 9.55. The number of hydrogen-bond acceptors (Lipinski definition) is 5. The van der Waals surface area contributed by atoms with Crippen LogP contribution in [0.15, 0.2) is 83.7 Å². The van der Waals surface area contributed by atoms with Gasteiger partial charge in [0.1, 0.15) is 18.1 Å². The molecule has 0 radical (unpaired) electrons. The highest BCUT2D eigenvalue weighted by molar-refractivity contribution is 7.07. The molecule has 1 amide bonds. The van der Waals surface area contributed by atoms with Crippen LogP contribution in [0.25, 0.3) is 11.1 Å². The van der Waals surface area contributed by atoms with Gasteiger partial charge >= 0.3 is 0 Å². The summed E-state index contributed by atoms with van der Waals surface area (Å²) in [6, 6.07) is 22.7. The largest absolute Gasteiger partial charge is 0.485 e. The van der Waals surface area contributed by atoms with Crippen molar-refractivity contribution < 1.29 is 14.3 Å². The molecule has 0 saturated carbocycles. The first-order valence-corrected chi connectivity index (χ1v) is 10.9. The average Bonchev–Trinajstić information content (AvgIpc) is 3.32. The van der Waals surface area contributed by atoms with Crippen molar-refractivity contribution >= 4 is 34.5 Å². The van der Waals surface area contributed by atoms with E-state index in [2.05, 4.69) is 10.3 Å². The van der Waals surface area contributed by atoms with Crippen molar-refractivity contribution in [3.05, 3.63) is 94.4 Å². The van der Waals surface area contributed by atoms with Gasteiger partial charge in [0, 0.05) is 5.38 Å². The summed E-state index contributed by atoms with van der Waals surface area (Å²) >= 11 is 7.86. The molecule has 156 valence electrons. The lowest BCUT2D eigenvalue weighted by Gasteiger charge is -2.13. The standard InChI is InChI=1S/C24H19ClN2O3S/c25-20-12-18(17-6-2-1-3-7-17)10-11-22(20)30-14-24(28)27-21-8-4-5-9-23(21)29-13-19-15-31-16-26-19/h1-12,15-16H,13-14H2,(H,27,28). The van der Waals surface area contributed by atoms with Gasteiger partial charge in [-0.15, -0.1) is 11.3 Å². The maximum Gasteiger partial charge on any atom is 0.262 e. The lowest BCUT2D eigenvalue weighted by Crippen LogP contribution is -2.20. The minimum atomic E-state index is -0.312. The number of halogens is 1. The molecule has 5 nitrogen and oxygen atoms in total. The number of nitrogens with one attached hydrogen (secondary N) is 1. The van der Waals surface area contributed by atoms with E-state index < -0.39 is 0 Å². The van der Waals surface area contributed by atoms with Crippen molar-refractivity contribution in [1.29, 1.82) is 0 Å². The second-order valence-electron chi connectivity index (χ2n) is 6.61. The molecule has 0 saturated heterocycles. The van der Waals surface area contributed by atoms with Crippen LogP contribution in [0.4, 0.5) is 5.69 Å². The Labute approximate surface area is 189 Å². The van der Waals surface area contributed by atoms with Crippen LogP contribution in [0.2, 0.25) is 5.02 Å². The van der Waals surface area contributed by atoms with E-state index in [-0.39, 0.29) is 12.5 Å². The van der Waals surface area contributed by atoms with Crippen LogP contribution in [0, 0.1) is 0 Å². The fraction of sp³-hybridized carbons (Fsp3) is 0.0833. The number of carbonyl (C=O) groups is 1. The molecule has 3 aromatic carbocycles. The van der Waals surface area contributed by atoms with E-state index in [1.165, 1.54) is 11.3 Å². The highest BCUT2D eigenvalue weighted by Gasteiger charge is 2.11. The fourth-order valence-electron chi connectivity index (χ4n) is 2.91. The summed E-state index contributed by atoms with van der Waals surface area (Å²) in [5.41, 5.74) is 5.19. The summed E-state index contributed by atoms with van der Waals surface area (Å²) < 4.78 is 11.4. The number of anilines is 1. The van der Waals surface area contributed by atoms with Crippen molar-refractivity contribution in [3.8, 4) is 22.6 Å². The zero-order valence-corrected chi connectivity index (χ0v) is 18.0. The van der Waals surface area contributed by atoms with Gasteiger partial charge in [-0.25, -0.2) is 4.98 Å². The first kappa shape index (κ1) is 20.9. The molecule has 4 rings (SSSR count). The van der Waals surface area contributed by atoms with Crippen LogP contribution >= 0.6 is 22.9 Å². The number of benzene rings is 3. The van der Waals surface area contributed by atoms with Gasteiger partial charge in [-0.2, -0.15) is 0 Å². The second kappa shape index (κ2) is 10.1. The Balaban J connectivity index is 1.35. The predicted molar refractivity (Wildman–Crippen MR) is 124 cm³/mol. The molecule has 0 aliphatic rings. The lowest BCUT2D eigenvalue weighted by atomic mass is 10.1. The summed E-state index contributed by atoms with van der Waals surface area (Å²) in [5, 5.41) is 5.18. The molecule has 4 aromatic rings. The maximum atomic E-state index is 12.4. The molecule has 1 N–H and O–H groups in total. The minimum Gasteiger partial charge on any atom is -0.485 e. The van der Waals surface area contributed by atoms with Crippen molar-refractivity contribution in [1.82, 2.24) is 4.98 Å². The Morgan fingerprint density at radius 3 is 2.52 bits per heavy atom. The Bertz CT molecular complexity index is 1150. The summed E-state index contributed by atoms with van der Waals surface area (Å²) in [4.78, 5) is 16.6. The predicted octanol–water partition coefficient (Wildman–Crippen LogP) is 6.06. The molecule has 0 aliphatic heterocycles. The van der Waals surface area contributed by atoms with Gasteiger partial charge in [0.05, 0.1) is 21.9 Å². The third kappa shape index (κ3) is 5.63. The molecule has 1 aromatic heterocycles. The van der Waals surface area contributed by atoms with E-state index in [4.69, 9.17) is 21.1 Å². The van der Waals surface area contributed by atoms with Crippen LogP contribution in [0.3, 0.4) is 0 Å².